The minimum atomic E-state index is -0.531. The van der Waals surface area contributed by atoms with Gasteiger partial charge in [0.1, 0.15) is 23.0 Å². The van der Waals surface area contributed by atoms with Crippen LogP contribution in [0.3, 0.4) is 0 Å². The van der Waals surface area contributed by atoms with E-state index in [1.54, 1.807) is 0 Å². The van der Waals surface area contributed by atoms with Crippen LogP contribution in [0.4, 0.5) is 11.4 Å². The molecule has 0 heterocycles. The number of hydrogen-bond acceptors (Lipinski definition) is 4. The molecule has 0 spiro atoms. The first kappa shape index (κ1) is 25.5. The highest BCUT2D eigenvalue weighted by molar-refractivity contribution is 5.67. The van der Waals surface area contributed by atoms with Crippen LogP contribution in [0.5, 0.6) is 23.0 Å². The largest absolute Gasteiger partial charge is 0.457 e. The van der Waals surface area contributed by atoms with Gasteiger partial charge in [-0.25, -0.2) is 0 Å². The van der Waals surface area contributed by atoms with Crippen LogP contribution < -0.4 is 20.9 Å². The van der Waals surface area contributed by atoms with Gasteiger partial charge in [-0.3, -0.25) is 0 Å². The van der Waals surface area contributed by atoms with E-state index in [1.807, 2.05) is 72.8 Å². The number of ether oxygens (including phenoxy) is 2. The second kappa shape index (κ2) is 10.5. The fourth-order valence-corrected chi connectivity index (χ4v) is 6.19. The summed E-state index contributed by atoms with van der Waals surface area (Å²) in [6.07, 6.45) is 0.890. The minimum absolute atomic E-state index is 0.531. The van der Waals surface area contributed by atoms with Gasteiger partial charge in [0, 0.05) is 23.5 Å². The molecule has 0 bridgehead atoms. The fourth-order valence-electron chi connectivity index (χ4n) is 6.19. The Morgan fingerprint density at radius 2 is 0.857 bits per heavy atom. The highest BCUT2D eigenvalue weighted by atomic mass is 16.5. The second-order valence-corrected chi connectivity index (χ2v) is 10.6. The van der Waals surface area contributed by atoms with Crippen LogP contribution in [0, 0.1) is 0 Å². The smallest absolute Gasteiger partial charge is 0.129 e. The van der Waals surface area contributed by atoms with Gasteiger partial charge in [-0.2, -0.15) is 0 Å². The molecule has 0 fully saturated rings. The van der Waals surface area contributed by atoms with E-state index >= 15 is 0 Å². The predicted molar refractivity (Wildman–Crippen MR) is 169 cm³/mol. The molecule has 0 aliphatic heterocycles. The van der Waals surface area contributed by atoms with Crippen LogP contribution in [0.15, 0.2) is 146 Å². The topological polar surface area (TPSA) is 70.5 Å². The number of nitrogen functional groups attached to an aromatic ring is 2. The predicted octanol–water partition coefficient (Wildman–Crippen LogP) is 8.72. The third-order valence-electron chi connectivity index (χ3n) is 7.99. The summed E-state index contributed by atoms with van der Waals surface area (Å²) in [7, 11) is 0. The molecule has 204 valence electrons. The summed E-state index contributed by atoms with van der Waals surface area (Å²) in [5, 5.41) is 0. The summed E-state index contributed by atoms with van der Waals surface area (Å²) in [5.41, 5.74) is 20.3. The summed E-state index contributed by atoms with van der Waals surface area (Å²) in [4.78, 5) is 0. The molecule has 4 N–H and O–H groups in total. The zero-order valence-corrected chi connectivity index (χ0v) is 23.0. The number of anilines is 2. The number of hydrogen-bond donors (Lipinski definition) is 2. The number of benzene rings is 6. The van der Waals surface area contributed by atoms with E-state index in [2.05, 4.69) is 72.8 Å². The average molecular weight is 547 g/mol. The van der Waals surface area contributed by atoms with E-state index in [4.69, 9.17) is 20.9 Å². The number of rotatable bonds is 6. The first-order chi connectivity index (χ1) is 20.6. The molecule has 0 saturated heterocycles. The van der Waals surface area contributed by atoms with E-state index in [-0.39, 0.29) is 0 Å². The highest BCUT2D eigenvalue weighted by Gasteiger charge is 2.43. The van der Waals surface area contributed by atoms with Gasteiger partial charge in [0.15, 0.2) is 0 Å². The van der Waals surface area contributed by atoms with Crippen LogP contribution in [0.25, 0.3) is 0 Å². The monoisotopic (exact) mass is 546 g/mol. The van der Waals surface area contributed by atoms with E-state index in [1.165, 1.54) is 22.3 Å². The lowest BCUT2D eigenvalue weighted by molar-refractivity contribution is 0.482. The molecule has 0 amide bonds. The van der Waals surface area contributed by atoms with Gasteiger partial charge in [-0.1, -0.05) is 84.9 Å². The maximum Gasteiger partial charge on any atom is 0.129 e. The van der Waals surface area contributed by atoms with Crippen LogP contribution in [0.2, 0.25) is 0 Å². The lowest BCUT2D eigenvalue weighted by Gasteiger charge is -2.42. The van der Waals surface area contributed by atoms with E-state index in [0.717, 1.165) is 29.0 Å². The SMILES string of the molecule is Nc1cccc(Oc2ccc(C3(c4ccc(Oc5cccc(N)c5)cc4)c4ccccc4Cc4ccccc43)cc2)c1. The zero-order chi connectivity index (χ0) is 28.5. The lowest BCUT2D eigenvalue weighted by Crippen LogP contribution is -2.36. The first-order valence-corrected chi connectivity index (χ1v) is 14.0. The number of nitrogens with two attached hydrogens (primary N) is 2. The minimum Gasteiger partial charge on any atom is -0.457 e. The molecule has 6 aromatic rings. The molecule has 1 aliphatic carbocycles. The van der Waals surface area contributed by atoms with Gasteiger partial charge in [0.25, 0.3) is 0 Å². The maximum absolute atomic E-state index is 6.15. The molecule has 4 heteroatoms. The van der Waals surface area contributed by atoms with Crippen LogP contribution in [0.1, 0.15) is 33.4 Å². The van der Waals surface area contributed by atoms with Crippen molar-refractivity contribution >= 4 is 11.4 Å². The first-order valence-electron chi connectivity index (χ1n) is 14.0. The summed E-state index contributed by atoms with van der Waals surface area (Å²) >= 11 is 0. The normalized spacial score (nSPS) is 13.0. The van der Waals surface area contributed by atoms with Crippen molar-refractivity contribution in [2.24, 2.45) is 0 Å². The van der Waals surface area contributed by atoms with Crippen molar-refractivity contribution in [3.63, 3.8) is 0 Å². The molecule has 0 aromatic heterocycles. The van der Waals surface area contributed by atoms with Crippen LogP contribution >= 0.6 is 0 Å². The molecular weight excluding hydrogens is 516 g/mol. The molecule has 0 radical (unpaired) electrons. The van der Waals surface area contributed by atoms with Gasteiger partial charge < -0.3 is 20.9 Å². The summed E-state index contributed by atoms with van der Waals surface area (Å²) in [5.74, 6) is 2.92. The molecule has 6 aromatic carbocycles. The molecule has 1 aliphatic rings. The molecule has 4 nitrogen and oxygen atoms in total. The summed E-state index contributed by atoms with van der Waals surface area (Å²) in [6.45, 7) is 0. The van der Waals surface area contributed by atoms with Gasteiger partial charge in [-0.05, 0) is 88.3 Å². The van der Waals surface area contributed by atoms with Gasteiger partial charge in [-0.15, -0.1) is 0 Å². The Kier molecular flexibility index (Phi) is 6.37. The Bertz CT molecular complexity index is 1740. The Hall–Kier alpha value is -5.48. The zero-order valence-electron chi connectivity index (χ0n) is 23.0. The fraction of sp³-hybridized carbons (Fsp3) is 0.0526. The van der Waals surface area contributed by atoms with Crippen molar-refractivity contribution in [3.8, 4) is 23.0 Å². The molecule has 0 unspecified atom stereocenters. The van der Waals surface area contributed by atoms with Crippen molar-refractivity contribution < 1.29 is 9.47 Å². The van der Waals surface area contributed by atoms with E-state index in [9.17, 15) is 0 Å². The molecular formula is C38H30N2O2. The Morgan fingerprint density at radius 1 is 0.429 bits per heavy atom. The quantitative estimate of drug-likeness (QED) is 0.205. The summed E-state index contributed by atoms with van der Waals surface area (Å²) < 4.78 is 12.3. The second-order valence-electron chi connectivity index (χ2n) is 10.6. The molecule has 0 atom stereocenters. The Morgan fingerprint density at radius 3 is 1.29 bits per heavy atom. The van der Waals surface area contributed by atoms with Crippen molar-refractivity contribution in [2.45, 2.75) is 11.8 Å². The maximum atomic E-state index is 6.15. The van der Waals surface area contributed by atoms with Crippen molar-refractivity contribution in [2.75, 3.05) is 11.5 Å². The van der Waals surface area contributed by atoms with E-state index < -0.39 is 5.41 Å². The third-order valence-corrected chi connectivity index (χ3v) is 7.99. The summed E-state index contributed by atoms with van der Waals surface area (Å²) in [6, 6.07) is 49.4. The molecule has 7 rings (SSSR count). The van der Waals surface area contributed by atoms with Crippen molar-refractivity contribution in [3.05, 3.63) is 179 Å². The van der Waals surface area contributed by atoms with E-state index in [0.29, 0.717) is 22.9 Å². The van der Waals surface area contributed by atoms with Gasteiger partial charge in [0.2, 0.25) is 0 Å². The lowest BCUT2D eigenvalue weighted by atomic mass is 9.60. The average Bonchev–Trinajstić information content (AvgIpc) is 3.01. The molecule has 0 saturated carbocycles. The number of fused-ring (bicyclic) bond motifs is 2. The highest BCUT2D eigenvalue weighted by Crippen LogP contribution is 2.51. The Labute approximate surface area is 245 Å². The third kappa shape index (κ3) is 4.53. The van der Waals surface area contributed by atoms with Crippen LogP contribution in [-0.2, 0) is 11.8 Å². The van der Waals surface area contributed by atoms with Crippen molar-refractivity contribution in [1.82, 2.24) is 0 Å². The molecule has 42 heavy (non-hydrogen) atoms. The van der Waals surface area contributed by atoms with Crippen LogP contribution in [-0.4, -0.2) is 0 Å². The standard InChI is InChI=1S/C38H30N2O2/c39-30-9-5-11-34(24-30)41-32-19-15-28(16-20-32)38(29-17-21-33(22-18-29)42-35-12-6-10-31(40)25-35)36-13-3-1-7-26(36)23-27-8-2-4-14-37(27)38/h1-22,24-25H,23,39-40H2. The Balaban J connectivity index is 1.36. The van der Waals surface area contributed by atoms with Gasteiger partial charge >= 0.3 is 0 Å². The van der Waals surface area contributed by atoms with Crippen molar-refractivity contribution in [1.29, 1.82) is 0 Å². The van der Waals surface area contributed by atoms with Gasteiger partial charge in [0.05, 0.1) is 5.41 Å².